The number of benzene rings is 2. The Hall–Kier alpha value is -3.72. The Morgan fingerprint density at radius 1 is 1.05 bits per heavy atom. The highest BCUT2D eigenvalue weighted by Crippen LogP contribution is 2.39. The first-order valence-corrected chi connectivity index (χ1v) is 13.5. The van der Waals surface area contributed by atoms with Crippen LogP contribution in [0.15, 0.2) is 69.8 Å². The van der Waals surface area contributed by atoms with E-state index in [4.69, 9.17) is 4.99 Å². The lowest BCUT2D eigenvalue weighted by atomic mass is 9.78. The van der Waals surface area contributed by atoms with E-state index in [-0.39, 0.29) is 22.2 Å². The monoisotopic (exact) mass is 517 g/mol. The molecule has 1 aliphatic rings. The summed E-state index contributed by atoms with van der Waals surface area (Å²) in [5.74, 6) is 0.995. The van der Waals surface area contributed by atoms with E-state index in [1.54, 1.807) is 28.9 Å². The second-order valence-corrected chi connectivity index (χ2v) is 10.8. The summed E-state index contributed by atoms with van der Waals surface area (Å²) >= 11 is 1.51. The maximum atomic E-state index is 13.6. The van der Waals surface area contributed by atoms with Crippen LogP contribution in [0.25, 0.3) is 16.9 Å². The molecular weight excluding hydrogens is 486 g/mol. The van der Waals surface area contributed by atoms with Gasteiger partial charge in [0.05, 0.1) is 22.0 Å². The molecule has 1 fully saturated rings. The van der Waals surface area contributed by atoms with Crippen LogP contribution in [-0.4, -0.2) is 18.9 Å². The van der Waals surface area contributed by atoms with Crippen molar-refractivity contribution in [3.05, 3.63) is 90.9 Å². The van der Waals surface area contributed by atoms with Crippen molar-refractivity contribution in [2.24, 2.45) is 23.9 Å². The maximum Gasteiger partial charge on any atom is 0.297 e. The molecule has 0 aliphatic heterocycles. The van der Waals surface area contributed by atoms with Crippen molar-refractivity contribution < 1.29 is 4.92 Å². The smallest absolute Gasteiger partial charge is 0.297 e. The summed E-state index contributed by atoms with van der Waals surface area (Å²) < 4.78 is 5.76. The quantitative estimate of drug-likeness (QED) is 0.235. The molecule has 37 heavy (non-hydrogen) atoms. The van der Waals surface area contributed by atoms with Crippen molar-refractivity contribution >= 4 is 22.7 Å². The van der Waals surface area contributed by atoms with Crippen LogP contribution in [0.3, 0.4) is 0 Å². The maximum absolute atomic E-state index is 13.6. The Kier molecular flexibility index (Phi) is 6.72. The second kappa shape index (κ2) is 9.97. The Morgan fingerprint density at radius 3 is 2.43 bits per heavy atom. The average molecular weight is 518 g/mol. The molecule has 3 atom stereocenters. The fourth-order valence-corrected chi connectivity index (χ4v) is 6.34. The molecular formula is C28H31N5O3S. The first-order chi connectivity index (χ1) is 17.8. The fraction of sp³-hybridized carbons (Fsp3) is 0.357. The van der Waals surface area contributed by atoms with Gasteiger partial charge >= 0.3 is 0 Å². The van der Waals surface area contributed by atoms with Gasteiger partial charge in [0, 0.05) is 30.6 Å². The molecule has 0 saturated heterocycles. The number of nitro benzene ring substituents is 1. The third kappa shape index (κ3) is 4.48. The van der Waals surface area contributed by atoms with Crippen LogP contribution in [0.4, 0.5) is 11.4 Å². The van der Waals surface area contributed by atoms with Crippen molar-refractivity contribution in [2.45, 2.75) is 46.1 Å². The van der Waals surface area contributed by atoms with Crippen LogP contribution >= 0.6 is 11.3 Å². The van der Waals surface area contributed by atoms with Crippen LogP contribution in [0.1, 0.15) is 44.8 Å². The van der Waals surface area contributed by atoms with Gasteiger partial charge in [0.2, 0.25) is 0 Å². The van der Waals surface area contributed by atoms with Crippen molar-refractivity contribution in [1.82, 2.24) is 13.9 Å². The standard InChI is InChI=1S/C28H31N5O3S/c1-18-9-8-12-24(19(18)2)31-25(21-13-15-23(16-14-21)33(35)36)17-37-28(31)29-26-20(3)30(4)32(27(26)34)22-10-6-5-7-11-22/h5-7,10-11,13-19,24H,8-9,12H2,1-4H3. The molecule has 2 aromatic heterocycles. The molecule has 5 rings (SSSR count). The van der Waals surface area contributed by atoms with Gasteiger partial charge in [-0.3, -0.25) is 19.6 Å². The zero-order valence-corrected chi connectivity index (χ0v) is 22.3. The summed E-state index contributed by atoms with van der Waals surface area (Å²) in [6.45, 7) is 6.50. The summed E-state index contributed by atoms with van der Waals surface area (Å²) in [5.41, 5.74) is 3.79. The summed E-state index contributed by atoms with van der Waals surface area (Å²) in [6.07, 6.45) is 3.35. The lowest BCUT2D eigenvalue weighted by Gasteiger charge is -2.36. The molecule has 4 aromatic rings. The van der Waals surface area contributed by atoms with Gasteiger partial charge in [0.25, 0.3) is 11.2 Å². The molecule has 1 aliphatic carbocycles. The van der Waals surface area contributed by atoms with Gasteiger partial charge in [0.1, 0.15) is 0 Å². The van der Waals surface area contributed by atoms with Crippen molar-refractivity contribution in [2.75, 3.05) is 0 Å². The molecule has 2 aromatic carbocycles. The molecule has 192 valence electrons. The van der Waals surface area contributed by atoms with E-state index in [2.05, 4.69) is 23.8 Å². The van der Waals surface area contributed by atoms with E-state index < -0.39 is 0 Å². The minimum atomic E-state index is -0.382. The molecule has 0 spiro atoms. The topological polar surface area (TPSA) is 87.4 Å². The van der Waals surface area contributed by atoms with Crippen molar-refractivity contribution in [3.8, 4) is 16.9 Å². The Balaban J connectivity index is 1.71. The molecule has 0 amide bonds. The largest absolute Gasteiger partial charge is 0.313 e. The molecule has 3 unspecified atom stereocenters. The van der Waals surface area contributed by atoms with Gasteiger partial charge in [0.15, 0.2) is 10.5 Å². The number of hydrogen-bond acceptors (Lipinski definition) is 5. The van der Waals surface area contributed by atoms with Gasteiger partial charge < -0.3 is 4.57 Å². The molecule has 0 bridgehead atoms. The number of hydrogen-bond donors (Lipinski definition) is 0. The lowest BCUT2D eigenvalue weighted by Crippen LogP contribution is -2.32. The summed E-state index contributed by atoms with van der Waals surface area (Å²) in [4.78, 5) is 30.2. The van der Waals surface area contributed by atoms with Crippen LogP contribution in [0.5, 0.6) is 0 Å². The van der Waals surface area contributed by atoms with Gasteiger partial charge in [-0.25, -0.2) is 9.67 Å². The number of nitrogens with zero attached hydrogens (tertiary/aromatic N) is 5. The van der Waals surface area contributed by atoms with Gasteiger partial charge in [-0.15, -0.1) is 11.3 Å². The average Bonchev–Trinajstić information content (AvgIpc) is 3.40. The zero-order valence-electron chi connectivity index (χ0n) is 21.5. The molecule has 2 heterocycles. The highest BCUT2D eigenvalue weighted by molar-refractivity contribution is 7.07. The summed E-state index contributed by atoms with van der Waals surface area (Å²) in [7, 11) is 1.87. The number of para-hydroxylation sites is 1. The highest BCUT2D eigenvalue weighted by Gasteiger charge is 2.31. The number of rotatable bonds is 5. The molecule has 9 heteroatoms. The van der Waals surface area contributed by atoms with Crippen LogP contribution in [0.2, 0.25) is 0 Å². The normalized spacial score (nSPS) is 20.3. The molecule has 0 radical (unpaired) electrons. The number of non-ortho nitro benzene ring substituents is 1. The van der Waals surface area contributed by atoms with Crippen molar-refractivity contribution in [3.63, 3.8) is 0 Å². The van der Waals surface area contributed by atoms with E-state index in [0.29, 0.717) is 17.5 Å². The first-order valence-electron chi connectivity index (χ1n) is 12.6. The second-order valence-electron chi connectivity index (χ2n) is 9.93. The SMILES string of the molecule is Cc1c(N=c2scc(-c3ccc([N+](=O)[O-])cc3)n2C2CCCC(C)C2C)c(=O)n(-c2ccccc2)n1C. The van der Waals surface area contributed by atoms with Gasteiger partial charge in [-0.1, -0.05) is 44.9 Å². The van der Waals surface area contributed by atoms with Crippen LogP contribution in [-0.2, 0) is 7.05 Å². The third-order valence-electron chi connectivity index (χ3n) is 7.84. The lowest BCUT2D eigenvalue weighted by molar-refractivity contribution is -0.384. The first kappa shape index (κ1) is 25.0. The number of aromatic nitrogens is 3. The van der Waals surface area contributed by atoms with E-state index in [1.807, 2.05) is 49.0 Å². The minimum absolute atomic E-state index is 0.0662. The fourth-order valence-electron chi connectivity index (χ4n) is 5.38. The Morgan fingerprint density at radius 2 is 1.76 bits per heavy atom. The van der Waals surface area contributed by atoms with Gasteiger partial charge in [-0.05, 0) is 55.0 Å². The van der Waals surface area contributed by atoms with Gasteiger partial charge in [-0.2, -0.15) is 0 Å². The number of thiazole rings is 1. The van der Waals surface area contributed by atoms with Crippen LogP contribution in [0, 0.1) is 28.9 Å². The predicted molar refractivity (Wildman–Crippen MR) is 147 cm³/mol. The molecule has 8 nitrogen and oxygen atoms in total. The molecule has 0 N–H and O–H groups in total. The summed E-state index contributed by atoms with van der Waals surface area (Å²) in [6, 6.07) is 16.5. The zero-order chi connectivity index (χ0) is 26.3. The third-order valence-corrected chi connectivity index (χ3v) is 8.68. The van der Waals surface area contributed by atoms with Crippen LogP contribution < -0.4 is 10.4 Å². The predicted octanol–water partition coefficient (Wildman–Crippen LogP) is 6.15. The van der Waals surface area contributed by atoms with E-state index in [9.17, 15) is 14.9 Å². The van der Waals surface area contributed by atoms with Crippen molar-refractivity contribution in [1.29, 1.82) is 0 Å². The number of nitro groups is 1. The highest BCUT2D eigenvalue weighted by atomic mass is 32.1. The Labute approximate surface area is 219 Å². The van der Waals surface area contributed by atoms with E-state index in [0.717, 1.165) is 40.3 Å². The Bertz CT molecular complexity index is 1560. The summed E-state index contributed by atoms with van der Waals surface area (Å²) in [5, 5.41) is 13.3. The minimum Gasteiger partial charge on any atom is -0.313 e. The molecule has 1 saturated carbocycles. The van der Waals surface area contributed by atoms with E-state index in [1.165, 1.54) is 17.8 Å². The van der Waals surface area contributed by atoms with E-state index >= 15 is 0 Å².